The molecule has 84 valence electrons. The van der Waals surface area contributed by atoms with Crippen molar-refractivity contribution >= 4 is 24.5 Å². The summed E-state index contributed by atoms with van der Waals surface area (Å²) in [4.78, 5) is 11.1. The first-order valence-electron chi connectivity index (χ1n) is 4.44. The fraction of sp³-hybridized carbons (Fsp3) is 0.300. The molecule has 0 aliphatic carbocycles. The van der Waals surface area contributed by atoms with E-state index in [2.05, 4.69) is 18.6 Å². The van der Waals surface area contributed by atoms with Crippen LogP contribution in [0.15, 0.2) is 30.3 Å². The van der Waals surface area contributed by atoms with Gasteiger partial charge in [-0.25, -0.2) is 0 Å². The van der Waals surface area contributed by atoms with Gasteiger partial charge in [-0.15, -0.1) is 0 Å². The van der Waals surface area contributed by atoms with Gasteiger partial charge in [0.1, 0.15) is 0 Å². The molecule has 0 unspecified atom stereocenters. The second-order valence-corrected chi connectivity index (χ2v) is 6.89. The van der Waals surface area contributed by atoms with Crippen LogP contribution < -0.4 is 17.5 Å². The van der Waals surface area contributed by atoms with Crippen molar-refractivity contribution < 1.29 is 26.7 Å². The normalized spacial score (nSPS) is 10.3. The molecule has 0 aromatic heterocycles. The van der Waals surface area contributed by atoms with E-state index in [4.69, 9.17) is 0 Å². The summed E-state index contributed by atoms with van der Waals surface area (Å²) < 4.78 is 13.8. The Morgan fingerprint density at radius 3 is 2.60 bits per heavy atom. The van der Waals surface area contributed by atoms with Crippen LogP contribution in [0.2, 0.25) is 0 Å². The van der Waals surface area contributed by atoms with Crippen molar-refractivity contribution in [1.82, 2.24) is 3.11 Å². The first-order valence-corrected chi connectivity index (χ1v) is 11.7. The van der Waals surface area contributed by atoms with Crippen LogP contribution in [0, 0.1) is 0 Å². The van der Waals surface area contributed by atoms with Gasteiger partial charge in [-0.2, -0.15) is 0 Å². The Balaban J connectivity index is 2.44. The minimum absolute atomic E-state index is 0.381. The molecule has 0 bridgehead atoms. The first kappa shape index (κ1) is 13.1. The van der Waals surface area contributed by atoms with Crippen molar-refractivity contribution in [2.45, 2.75) is 6.42 Å². The maximum absolute atomic E-state index is 12.2. The van der Waals surface area contributed by atoms with Crippen molar-refractivity contribution in [3.05, 3.63) is 35.9 Å². The summed E-state index contributed by atoms with van der Waals surface area (Å²) >= 11 is 1.79. The molecule has 0 saturated heterocycles. The summed E-state index contributed by atoms with van der Waals surface area (Å²) in [6.45, 7) is -0.250. The number of carbonyl (C=O) groups excluding carboxylic acids is 1. The molecule has 0 spiro atoms. The van der Waals surface area contributed by atoms with Gasteiger partial charge in [0.2, 0.25) is 0 Å². The summed E-state index contributed by atoms with van der Waals surface area (Å²) in [5.74, 6) is -0.381. The van der Waals surface area contributed by atoms with Gasteiger partial charge in [0.05, 0.1) is 0 Å². The van der Waals surface area contributed by atoms with Crippen molar-refractivity contribution in [1.29, 1.82) is 0 Å². The van der Waals surface area contributed by atoms with E-state index < -0.39 is 6.67 Å². The summed E-state index contributed by atoms with van der Waals surface area (Å²) in [5.41, 5.74) is 1.18. The quantitative estimate of drug-likeness (QED) is 0.448. The zero-order chi connectivity index (χ0) is 11.1. The van der Waals surface area contributed by atoms with Crippen LogP contribution in [0.25, 0.3) is 0 Å². The molecule has 0 saturated carbocycles. The number of hydrogen-bond donors (Lipinski definition) is 0. The SMILES string of the molecule is O=C(CF)N(CCc1ccccc1)[I-]I. The zero-order valence-corrected chi connectivity index (χ0v) is 12.3. The molecule has 1 rings (SSSR count). The van der Waals surface area contributed by atoms with Gasteiger partial charge in [0.25, 0.3) is 0 Å². The van der Waals surface area contributed by atoms with Crippen LogP contribution in [0.5, 0.6) is 0 Å². The topological polar surface area (TPSA) is 20.3 Å². The number of hydrogen-bond acceptors (Lipinski definition) is 1. The Hall–Kier alpha value is 0.0800. The first-order chi connectivity index (χ1) is 7.27. The Bertz CT molecular complexity index is 308. The molecule has 1 aromatic carbocycles. The van der Waals surface area contributed by atoms with Crippen molar-refractivity contribution in [3.8, 4) is 0 Å². The van der Waals surface area contributed by atoms with Crippen molar-refractivity contribution in [2.75, 3.05) is 13.2 Å². The average Bonchev–Trinajstić information content (AvgIpc) is 2.31. The van der Waals surface area contributed by atoms with Crippen LogP contribution in [0.3, 0.4) is 0 Å². The molecular formula is C10H11FI2NO-. The summed E-state index contributed by atoms with van der Waals surface area (Å²) in [5, 5.41) is 0. The molecule has 0 fully saturated rings. The second kappa shape index (κ2) is 7.37. The van der Waals surface area contributed by atoms with E-state index in [0.29, 0.717) is 6.54 Å². The molecule has 15 heavy (non-hydrogen) atoms. The molecule has 0 heterocycles. The third kappa shape index (κ3) is 4.62. The molecule has 1 aromatic rings. The molecule has 0 aliphatic heterocycles. The van der Waals surface area contributed by atoms with Crippen molar-refractivity contribution in [2.24, 2.45) is 0 Å². The molecule has 0 atom stereocenters. The number of alkyl halides is 1. The van der Waals surface area contributed by atoms with E-state index in [9.17, 15) is 9.18 Å². The molecule has 2 nitrogen and oxygen atoms in total. The van der Waals surface area contributed by atoms with Gasteiger partial charge in [0, 0.05) is 0 Å². The maximum atomic E-state index is 12.2. The van der Waals surface area contributed by atoms with Gasteiger partial charge in [-0.1, -0.05) is 0 Å². The standard InChI is InChI=1S/C10H11FI2NO/c11-8-10(15)14(13-12)7-6-9-4-2-1-3-5-9/h1-5H,6-8H2/q-1. The third-order valence-electron chi connectivity index (χ3n) is 1.90. The van der Waals surface area contributed by atoms with Crippen LogP contribution >= 0.6 is 18.6 Å². The van der Waals surface area contributed by atoms with E-state index in [-0.39, 0.29) is 23.4 Å². The van der Waals surface area contributed by atoms with Gasteiger partial charge < -0.3 is 0 Å². The van der Waals surface area contributed by atoms with Gasteiger partial charge >= 0.3 is 110 Å². The summed E-state index contributed by atoms with van der Waals surface area (Å²) in [7, 11) is 0. The third-order valence-corrected chi connectivity index (χ3v) is 6.32. The van der Waals surface area contributed by atoms with E-state index in [1.165, 1.54) is 5.56 Å². The molecular weight excluding hydrogens is 423 g/mol. The van der Waals surface area contributed by atoms with E-state index >= 15 is 0 Å². The fourth-order valence-electron chi connectivity index (χ4n) is 1.13. The second-order valence-electron chi connectivity index (χ2n) is 2.91. The van der Waals surface area contributed by atoms with Crippen LogP contribution in [0.4, 0.5) is 4.39 Å². The molecule has 0 radical (unpaired) electrons. The Kier molecular flexibility index (Phi) is 6.46. The monoisotopic (exact) mass is 434 g/mol. The molecule has 1 amide bonds. The van der Waals surface area contributed by atoms with E-state index in [1.54, 1.807) is 3.11 Å². The van der Waals surface area contributed by atoms with Crippen LogP contribution in [0.1, 0.15) is 5.56 Å². The number of benzene rings is 1. The summed E-state index contributed by atoms with van der Waals surface area (Å²) in [6, 6.07) is 9.93. The minimum atomic E-state index is -0.877. The predicted molar refractivity (Wildman–Crippen MR) is 61.9 cm³/mol. The molecule has 5 heteroatoms. The zero-order valence-electron chi connectivity index (χ0n) is 8.00. The Morgan fingerprint density at radius 2 is 2.07 bits per heavy atom. The van der Waals surface area contributed by atoms with Crippen LogP contribution in [-0.4, -0.2) is 22.2 Å². The molecule has 0 N–H and O–H groups in total. The fourth-order valence-corrected chi connectivity index (χ4v) is 4.47. The van der Waals surface area contributed by atoms with Gasteiger partial charge in [-0.05, 0) is 0 Å². The number of halogens is 3. The van der Waals surface area contributed by atoms with E-state index in [1.807, 2.05) is 30.3 Å². The number of carbonyl (C=O) groups is 1. The summed E-state index contributed by atoms with van der Waals surface area (Å²) in [6.07, 6.45) is 0.801. The molecule has 0 aliphatic rings. The number of amides is 1. The van der Waals surface area contributed by atoms with Crippen molar-refractivity contribution in [3.63, 3.8) is 0 Å². The van der Waals surface area contributed by atoms with Gasteiger partial charge in [0.15, 0.2) is 0 Å². The predicted octanol–water partition coefficient (Wildman–Crippen LogP) is -0.619. The number of nitrogens with zero attached hydrogens (tertiary/aromatic N) is 1. The number of rotatable bonds is 5. The Morgan fingerprint density at radius 1 is 1.40 bits per heavy atom. The van der Waals surface area contributed by atoms with Gasteiger partial charge in [-0.3, -0.25) is 0 Å². The Labute approximate surface area is 109 Å². The average molecular weight is 434 g/mol. The van der Waals surface area contributed by atoms with Crippen LogP contribution in [-0.2, 0) is 11.2 Å². The van der Waals surface area contributed by atoms with E-state index in [0.717, 1.165) is 6.42 Å².